The maximum atomic E-state index is 11.4. The molecule has 5 aromatic carbocycles. The molecule has 0 radical (unpaired) electrons. The van der Waals surface area contributed by atoms with Crippen molar-refractivity contribution in [3.05, 3.63) is 149 Å². The molecule has 2 aromatic heterocycles. The molecule has 0 spiro atoms. The molecule has 0 aliphatic carbocycles. The zero-order valence-corrected chi connectivity index (χ0v) is 36.2. The van der Waals surface area contributed by atoms with E-state index in [1.165, 1.54) is 22.8 Å². The molecule has 0 fully saturated rings. The van der Waals surface area contributed by atoms with E-state index >= 15 is 0 Å². The van der Waals surface area contributed by atoms with E-state index in [-0.39, 0.29) is 43.1 Å². The maximum absolute atomic E-state index is 11.4. The number of aromatic nitrogens is 3. The van der Waals surface area contributed by atoms with Crippen molar-refractivity contribution in [1.82, 2.24) is 14.5 Å². The Morgan fingerprint density at radius 2 is 1.29 bits per heavy atom. The monoisotopic (exact) mass is 916 g/mol. The third-order valence-electron chi connectivity index (χ3n) is 10.4. The van der Waals surface area contributed by atoms with Gasteiger partial charge >= 0.3 is 0 Å². The van der Waals surface area contributed by atoms with Gasteiger partial charge in [-0.15, -0.1) is 29.3 Å². The molecule has 7 aromatic rings. The van der Waals surface area contributed by atoms with Crippen LogP contribution >= 0.6 is 0 Å². The summed E-state index contributed by atoms with van der Waals surface area (Å²) in [6.45, 7) is 29.8. The minimum absolute atomic E-state index is 0. The van der Waals surface area contributed by atoms with Crippen molar-refractivity contribution >= 4 is 16.7 Å². The van der Waals surface area contributed by atoms with E-state index in [9.17, 15) is 5.11 Å². The number of hydrogen-bond acceptors (Lipinski definition) is 3. The van der Waals surface area contributed by atoms with Crippen molar-refractivity contribution in [2.75, 3.05) is 0 Å². The summed E-state index contributed by atoms with van der Waals surface area (Å²) in [6.07, 6.45) is 1.88. The Bertz CT molecular complexity index is 2610. The number of benzene rings is 5. The van der Waals surface area contributed by atoms with Crippen LogP contribution in [0.2, 0.25) is 0 Å². The number of phenols is 1. The van der Waals surface area contributed by atoms with Crippen molar-refractivity contribution in [2.24, 2.45) is 0 Å². The van der Waals surface area contributed by atoms with Gasteiger partial charge in [0.05, 0.1) is 23.2 Å². The van der Waals surface area contributed by atoms with Crippen LogP contribution in [0.4, 0.5) is 5.69 Å². The first-order valence-electron chi connectivity index (χ1n) is 18.9. The van der Waals surface area contributed by atoms with Gasteiger partial charge in [0, 0.05) is 38.6 Å². The van der Waals surface area contributed by atoms with Crippen LogP contribution in [-0.2, 0) is 37.3 Å². The second kappa shape index (κ2) is 15.0. The SMILES string of the molecule is [C-]#[N+]c1ccc(-c2nc3c(-c4[c-]c(-c5cc(-c6cccc(C)c6)ccn5)cc(C(C)(C)C)c4)cccc3n2-c2cc(C(C)(C)C)cc(C(C)(C)C)c2)c(O)c1.[Pt]. The molecular formula is C50H49N4OPt-. The number of phenolic OH excluding ortho intramolecular Hbond substituents is 1. The van der Waals surface area contributed by atoms with Crippen molar-refractivity contribution in [3.8, 4) is 56.3 Å². The average Bonchev–Trinajstić information content (AvgIpc) is 3.53. The molecule has 5 nitrogen and oxygen atoms in total. The fourth-order valence-corrected chi connectivity index (χ4v) is 7.01. The number of rotatable bonds is 5. The maximum Gasteiger partial charge on any atom is 0.190 e. The van der Waals surface area contributed by atoms with E-state index in [0.717, 1.165) is 55.8 Å². The van der Waals surface area contributed by atoms with Crippen LogP contribution in [0.25, 0.3) is 66.5 Å². The minimum Gasteiger partial charge on any atom is -0.509 e. The van der Waals surface area contributed by atoms with Gasteiger partial charge in [0.25, 0.3) is 0 Å². The van der Waals surface area contributed by atoms with Crippen LogP contribution in [0.5, 0.6) is 5.75 Å². The van der Waals surface area contributed by atoms with Gasteiger partial charge in [0.15, 0.2) is 5.69 Å². The zero-order valence-electron chi connectivity index (χ0n) is 33.9. The summed E-state index contributed by atoms with van der Waals surface area (Å²) in [5.41, 5.74) is 13.9. The third kappa shape index (κ3) is 8.00. The Morgan fingerprint density at radius 1 is 0.661 bits per heavy atom. The van der Waals surface area contributed by atoms with E-state index in [1.54, 1.807) is 12.1 Å². The van der Waals surface area contributed by atoms with Crippen molar-refractivity contribution < 1.29 is 26.2 Å². The van der Waals surface area contributed by atoms with Crippen molar-refractivity contribution in [2.45, 2.75) is 85.5 Å². The molecule has 0 amide bonds. The van der Waals surface area contributed by atoms with E-state index in [4.69, 9.17) is 16.5 Å². The summed E-state index contributed by atoms with van der Waals surface area (Å²) in [7, 11) is 0. The number of pyridine rings is 1. The van der Waals surface area contributed by atoms with Gasteiger partial charge in [-0.3, -0.25) is 9.55 Å². The Kier molecular flexibility index (Phi) is 10.8. The molecule has 1 N–H and O–H groups in total. The van der Waals surface area contributed by atoms with Crippen LogP contribution < -0.4 is 0 Å². The first-order valence-corrected chi connectivity index (χ1v) is 18.9. The molecule has 286 valence electrons. The Labute approximate surface area is 346 Å². The molecule has 7 rings (SSSR count). The Balaban J connectivity index is 0.00000532. The molecule has 0 unspecified atom stereocenters. The Morgan fingerprint density at radius 3 is 1.91 bits per heavy atom. The molecule has 0 saturated heterocycles. The molecule has 0 aliphatic heterocycles. The van der Waals surface area contributed by atoms with Gasteiger partial charge in [-0.05, 0) is 75.8 Å². The number of imidazole rings is 1. The van der Waals surface area contributed by atoms with Crippen molar-refractivity contribution in [3.63, 3.8) is 0 Å². The second-order valence-electron chi connectivity index (χ2n) is 17.8. The molecule has 6 heteroatoms. The number of fused-ring (bicyclic) bond motifs is 1. The number of aromatic hydroxyl groups is 1. The smallest absolute Gasteiger partial charge is 0.190 e. The molecular weight excluding hydrogens is 868 g/mol. The summed E-state index contributed by atoms with van der Waals surface area (Å²) >= 11 is 0. The number of nitrogens with zero attached hydrogens (tertiary/aromatic N) is 4. The fraction of sp³-hybridized carbons (Fsp3) is 0.260. The van der Waals surface area contributed by atoms with Crippen LogP contribution in [0.1, 0.15) is 84.6 Å². The Hall–Kier alpha value is -5.30. The van der Waals surface area contributed by atoms with Gasteiger partial charge in [0.1, 0.15) is 11.6 Å². The number of para-hydroxylation sites is 1. The van der Waals surface area contributed by atoms with Crippen LogP contribution in [0.15, 0.2) is 109 Å². The summed E-state index contributed by atoms with van der Waals surface area (Å²) in [5, 5.41) is 11.4. The largest absolute Gasteiger partial charge is 0.509 e. The van der Waals surface area contributed by atoms with E-state index < -0.39 is 0 Å². The van der Waals surface area contributed by atoms with Crippen molar-refractivity contribution in [1.29, 1.82) is 0 Å². The van der Waals surface area contributed by atoms with Crippen LogP contribution in [-0.4, -0.2) is 19.6 Å². The molecule has 0 atom stereocenters. The quantitative estimate of drug-likeness (QED) is 0.175. The fourth-order valence-electron chi connectivity index (χ4n) is 7.01. The molecule has 0 bridgehead atoms. The topological polar surface area (TPSA) is 55.3 Å². The summed E-state index contributed by atoms with van der Waals surface area (Å²) in [4.78, 5) is 13.8. The molecule has 2 heterocycles. The predicted octanol–water partition coefficient (Wildman–Crippen LogP) is 13.3. The van der Waals surface area contributed by atoms with E-state index in [1.807, 2.05) is 6.20 Å². The van der Waals surface area contributed by atoms with Crippen LogP contribution in [0, 0.1) is 19.6 Å². The van der Waals surface area contributed by atoms with Crippen LogP contribution in [0.3, 0.4) is 0 Å². The zero-order chi connectivity index (χ0) is 39.4. The van der Waals surface area contributed by atoms with Gasteiger partial charge in [-0.25, -0.2) is 9.83 Å². The van der Waals surface area contributed by atoms with Gasteiger partial charge in [-0.1, -0.05) is 140 Å². The standard InChI is InChI=1S/C50H49N4O.Pt/c1-31-14-12-15-32(22-31)33-20-21-52-43(26-33)35-23-34(24-36(25-35)48(2,3)4)41-16-13-17-44-46(41)53-47(42-19-18-39(51-11)30-45(42)55)54(44)40-28-37(49(5,6)7)27-38(29-40)50(8,9)10;/h12-22,24-30,55H,1-10H3;/q-1;. The molecule has 0 aliphatic rings. The van der Waals surface area contributed by atoms with E-state index in [0.29, 0.717) is 17.1 Å². The minimum atomic E-state index is -0.154. The predicted molar refractivity (Wildman–Crippen MR) is 228 cm³/mol. The summed E-state index contributed by atoms with van der Waals surface area (Å²) < 4.78 is 2.16. The summed E-state index contributed by atoms with van der Waals surface area (Å²) in [5.74, 6) is 0.611. The summed E-state index contributed by atoms with van der Waals surface area (Å²) in [6, 6.07) is 39.1. The third-order valence-corrected chi connectivity index (χ3v) is 10.4. The molecule has 0 saturated carbocycles. The van der Waals surface area contributed by atoms with Gasteiger partial charge in [0.2, 0.25) is 0 Å². The first-order chi connectivity index (χ1) is 25.9. The van der Waals surface area contributed by atoms with E-state index in [2.05, 4.69) is 170 Å². The molecule has 56 heavy (non-hydrogen) atoms. The second-order valence-corrected chi connectivity index (χ2v) is 17.8. The number of hydrogen-bond donors (Lipinski definition) is 1. The number of aryl methyl sites for hydroxylation is 1. The average molecular weight is 917 g/mol. The first kappa shape index (κ1) is 40.4. The van der Waals surface area contributed by atoms with Gasteiger partial charge in [-0.2, -0.15) is 0 Å². The van der Waals surface area contributed by atoms with Gasteiger partial charge < -0.3 is 5.11 Å². The normalized spacial score (nSPS) is 12.0.